The van der Waals surface area contributed by atoms with Crippen molar-refractivity contribution in [3.05, 3.63) is 36.3 Å². The second-order valence-electron chi connectivity index (χ2n) is 5.45. The number of hydrogen-bond donors (Lipinski definition) is 1. The highest BCUT2D eigenvalue weighted by Crippen LogP contribution is 2.20. The summed E-state index contributed by atoms with van der Waals surface area (Å²) in [5.74, 6) is 0.649. The molecule has 1 aliphatic rings. The van der Waals surface area contributed by atoms with E-state index in [2.05, 4.69) is 20.5 Å². The molecule has 0 radical (unpaired) electrons. The first kappa shape index (κ1) is 12.6. The lowest BCUT2D eigenvalue weighted by Gasteiger charge is -2.31. The standard InChI is InChI=1S/C15H21N3O/c19-9-6-13-4-3-7-17(10-13)11-14-12-18-8-2-1-5-15(18)16-14/h1-2,5,8,12-13,19H,3-4,6-7,9-11H2. The zero-order valence-electron chi connectivity index (χ0n) is 11.2. The summed E-state index contributed by atoms with van der Waals surface area (Å²) in [6.45, 7) is 3.47. The minimum atomic E-state index is 0.312. The molecule has 0 aromatic carbocycles. The van der Waals surface area contributed by atoms with Gasteiger partial charge in [-0.25, -0.2) is 4.98 Å². The van der Waals surface area contributed by atoms with Gasteiger partial charge in [0.15, 0.2) is 0 Å². The molecule has 2 aromatic rings. The molecule has 4 heteroatoms. The molecular weight excluding hydrogens is 238 g/mol. The highest BCUT2D eigenvalue weighted by atomic mass is 16.3. The highest BCUT2D eigenvalue weighted by Gasteiger charge is 2.20. The Balaban J connectivity index is 1.67. The van der Waals surface area contributed by atoms with Crippen molar-refractivity contribution in [3.8, 4) is 0 Å². The van der Waals surface area contributed by atoms with Crippen LogP contribution in [0.4, 0.5) is 0 Å². The first-order chi connectivity index (χ1) is 9.35. The lowest BCUT2D eigenvalue weighted by molar-refractivity contribution is 0.141. The van der Waals surface area contributed by atoms with Crippen molar-refractivity contribution in [2.24, 2.45) is 5.92 Å². The van der Waals surface area contributed by atoms with Gasteiger partial charge >= 0.3 is 0 Å². The van der Waals surface area contributed by atoms with Gasteiger partial charge in [-0.05, 0) is 43.9 Å². The minimum absolute atomic E-state index is 0.312. The number of aliphatic hydroxyl groups excluding tert-OH is 1. The van der Waals surface area contributed by atoms with Crippen LogP contribution in [0, 0.1) is 5.92 Å². The van der Waals surface area contributed by atoms with Gasteiger partial charge in [0.25, 0.3) is 0 Å². The number of aromatic nitrogens is 2. The molecule has 1 atom stereocenters. The van der Waals surface area contributed by atoms with Gasteiger partial charge in [0.1, 0.15) is 5.65 Å². The lowest BCUT2D eigenvalue weighted by atomic mass is 9.95. The van der Waals surface area contributed by atoms with Crippen molar-refractivity contribution in [1.29, 1.82) is 0 Å². The Bertz CT molecular complexity index is 502. The second-order valence-corrected chi connectivity index (χ2v) is 5.45. The van der Waals surface area contributed by atoms with Crippen molar-refractivity contribution in [2.45, 2.75) is 25.8 Å². The fourth-order valence-electron chi connectivity index (χ4n) is 3.01. The fourth-order valence-corrected chi connectivity index (χ4v) is 3.01. The number of hydrogen-bond acceptors (Lipinski definition) is 3. The summed E-state index contributed by atoms with van der Waals surface area (Å²) in [6.07, 6.45) is 7.57. The van der Waals surface area contributed by atoms with Crippen LogP contribution in [-0.2, 0) is 6.54 Å². The van der Waals surface area contributed by atoms with Crippen LogP contribution in [0.2, 0.25) is 0 Å². The molecule has 1 saturated heterocycles. The van der Waals surface area contributed by atoms with E-state index in [1.807, 2.05) is 24.4 Å². The van der Waals surface area contributed by atoms with E-state index in [0.29, 0.717) is 12.5 Å². The average molecular weight is 259 g/mol. The first-order valence-corrected chi connectivity index (χ1v) is 7.11. The Morgan fingerprint density at radius 2 is 2.32 bits per heavy atom. The second kappa shape index (κ2) is 5.72. The number of pyridine rings is 1. The highest BCUT2D eigenvalue weighted by molar-refractivity contribution is 5.39. The fraction of sp³-hybridized carbons (Fsp3) is 0.533. The van der Waals surface area contributed by atoms with E-state index in [-0.39, 0.29) is 0 Å². The van der Waals surface area contributed by atoms with Gasteiger partial charge in [-0.2, -0.15) is 0 Å². The Morgan fingerprint density at radius 3 is 3.16 bits per heavy atom. The molecule has 2 aromatic heterocycles. The molecule has 0 aliphatic carbocycles. The number of piperidine rings is 1. The molecule has 1 unspecified atom stereocenters. The topological polar surface area (TPSA) is 40.8 Å². The van der Waals surface area contributed by atoms with Gasteiger partial charge in [-0.1, -0.05) is 6.07 Å². The number of imidazole rings is 1. The average Bonchev–Trinajstić information content (AvgIpc) is 2.81. The number of fused-ring (bicyclic) bond motifs is 1. The quantitative estimate of drug-likeness (QED) is 0.912. The molecular formula is C15H21N3O. The first-order valence-electron chi connectivity index (χ1n) is 7.11. The zero-order chi connectivity index (χ0) is 13.1. The lowest BCUT2D eigenvalue weighted by Crippen LogP contribution is -2.35. The van der Waals surface area contributed by atoms with E-state index < -0.39 is 0 Å². The maximum Gasteiger partial charge on any atom is 0.137 e. The van der Waals surface area contributed by atoms with Gasteiger partial charge in [-0.15, -0.1) is 0 Å². The number of nitrogens with zero attached hydrogens (tertiary/aromatic N) is 3. The molecule has 1 fully saturated rings. The van der Waals surface area contributed by atoms with Gasteiger partial charge in [0.05, 0.1) is 5.69 Å². The van der Waals surface area contributed by atoms with Crippen LogP contribution in [0.25, 0.3) is 5.65 Å². The van der Waals surface area contributed by atoms with Crippen molar-refractivity contribution >= 4 is 5.65 Å². The van der Waals surface area contributed by atoms with Crippen LogP contribution in [-0.4, -0.2) is 39.1 Å². The third-order valence-electron chi connectivity index (χ3n) is 3.94. The predicted molar refractivity (Wildman–Crippen MR) is 74.9 cm³/mol. The van der Waals surface area contributed by atoms with E-state index in [1.165, 1.54) is 12.8 Å². The molecule has 3 heterocycles. The van der Waals surface area contributed by atoms with E-state index in [0.717, 1.165) is 37.4 Å². The van der Waals surface area contributed by atoms with E-state index in [1.54, 1.807) is 0 Å². The maximum absolute atomic E-state index is 9.06. The summed E-state index contributed by atoms with van der Waals surface area (Å²) in [5.41, 5.74) is 2.15. The Labute approximate surface area is 113 Å². The summed E-state index contributed by atoms with van der Waals surface area (Å²) in [5, 5.41) is 9.06. The molecule has 1 aliphatic heterocycles. The molecule has 0 amide bonds. The smallest absolute Gasteiger partial charge is 0.137 e. The monoisotopic (exact) mass is 259 g/mol. The molecule has 4 nitrogen and oxygen atoms in total. The summed E-state index contributed by atoms with van der Waals surface area (Å²) < 4.78 is 2.07. The zero-order valence-corrected chi connectivity index (χ0v) is 11.2. The summed E-state index contributed by atoms with van der Waals surface area (Å²) >= 11 is 0. The van der Waals surface area contributed by atoms with Crippen LogP contribution in [0.3, 0.4) is 0 Å². The molecule has 0 bridgehead atoms. The predicted octanol–water partition coefficient (Wildman–Crippen LogP) is 1.93. The molecule has 19 heavy (non-hydrogen) atoms. The van der Waals surface area contributed by atoms with E-state index >= 15 is 0 Å². The van der Waals surface area contributed by atoms with Gasteiger partial charge < -0.3 is 9.51 Å². The molecule has 0 saturated carbocycles. The Hall–Kier alpha value is -1.39. The molecule has 3 rings (SSSR count). The van der Waals surface area contributed by atoms with Crippen molar-refractivity contribution in [3.63, 3.8) is 0 Å². The SMILES string of the molecule is OCCC1CCCN(Cc2cn3ccccc3n2)C1. The number of aliphatic hydroxyl groups is 1. The third kappa shape index (κ3) is 2.96. The molecule has 102 valence electrons. The van der Waals surface area contributed by atoms with Crippen LogP contribution < -0.4 is 0 Å². The minimum Gasteiger partial charge on any atom is -0.396 e. The normalized spacial score (nSPS) is 21.0. The Kier molecular flexibility index (Phi) is 3.80. The van der Waals surface area contributed by atoms with Gasteiger partial charge in [-0.3, -0.25) is 4.90 Å². The number of rotatable bonds is 4. The summed E-state index contributed by atoms with van der Waals surface area (Å²) in [7, 11) is 0. The maximum atomic E-state index is 9.06. The summed E-state index contributed by atoms with van der Waals surface area (Å²) in [4.78, 5) is 7.11. The van der Waals surface area contributed by atoms with Crippen molar-refractivity contribution in [2.75, 3.05) is 19.7 Å². The van der Waals surface area contributed by atoms with Crippen LogP contribution in [0.1, 0.15) is 25.0 Å². The largest absolute Gasteiger partial charge is 0.396 e. The Morgan fingerprint density at radius 1 is 1.37 bits per heavy atom. The van der Waals surface area contributed by atoms with Crippen LogP contribution in [0.5, 0.6) is 0 Å². The van der Waals surface area contributed by atoms with E-state index in [4.69, 9.17) is 5.11 Å². The third-order valence-corrected chi connectivity index (χ3v) is 3.94. The summed E-state index contributed by atoms with van der Waals surface area (Å²) in [6, 6.07) is 6.08. The van der Waals surface area contributed by atoms with Crippen molar-refractivity contribution in [1.82, 2.24) is 14.3 Å². The number of likely N-dealkylation sites (tertiary alicyclic amines) is 1. The van der Waals surface area contributed by atoms with Crippen molar-refractivity contribution < 1.29 is 5.11 Å². The van der Waals surface area contributed by atoms with Gasteiger partial charge in [0, 0.05) is 32.1 Å². The van der Waals surface area contributed by atoms with Crippen LogP contribution >= 0.6 is 0 Å². The van der Waals surface area contributed by atoms with Crippen LogP contribution in [0.15, 0.2) is 30.6 Å². The molecule has 1 N–H and O–H groups in total. The molecule has 0 spiro atoms. The van der Waals surface area contributed by atoms with E-state index in [9.17, 15) is 0 Å². The van der Waals surface area contributed by atoms with Gasteiger partial charge in [0.2, 0.25) is 0 Å².